The van der Waals surface area contributed by atoms with Crippen LogP contribution >= 0.6 is 0 Å². The SMILES string of the molecule is COC(=O)[C@@]1(Cc2ccccc2)C[C@@H](O[Si](c2ccccc2)(c2ccccc2)C(C)(C)C)CN1C(=O)OC(C)(C)C. The fourth-order valence-corrected chi connectivity index (χ4v) is 10.7. The van der Waals surface area contributed by atoms with Gasteiger partial charge in [-0.15, -0.1) is 0 Å². The Hall–Kier alpha value is -3.42. The summed E-state index contributed by atoms with van der Waals surface area (Å²) in [5.74, 6) is -0.472. The number of hydrogen-bond donors (Lipinski definition) is 0. The minimum atomic E-state index is -2.96. The van der Waals surface area contributed by atoms with Crippen LogP contribution < -0.4 is 10.4 Å². The molecule has 0 aliphatic carbocycles. The first-order valence-electron chi connectivity index (χ1n) is 14.2. The predicted molar refractivity (Wildman–Crippen MR) is 165 cm³/mol. The van der Waals surface area contributed by atoms with Gasteiger partial charge in [-0.05, 0) is 41.7 Å². The maximum absolute atomic E-state index is 13.8. The van der Waals surface area contributed by atoms with E-state index in [1.165, 1.54) is 7.11 Å². The molecule has 3 aromatic carbocycles. The zero-order valence-electron chi connectivity index (χ0n) is 25.3. The van der Waals surface area contributed by atoms with Crippen molar-refractivity contribution in [3.63, 3.8) is 0 Å². The van der Waals surface area contributed by atoms with Crippen LogP contribution in [0.1, 0.15) is 53.5 Å². The van der Waals surface area contributed by atoms with Crippen molar-refractivity contribution in [3.05, 3.63) is 96.6 Å². The number of amides is 1. The first kappa shape index (κ1) is 30.5. The van der Waals surface area contributed by atoms with Crippen LogP contribution in [0.15, 0.2) is 91.0 Å². The zero-order chi connectivity index (χ0) is 29.9. The molecule has 0 saturated carbocycles. The van der Waals surface area contributed by atoms with E-state index in [9.17, 15) is 9.59 Å². The van der Waals surface area contributed by atoms with Crippen molar-refractivity contribution < 1.29 is 23.5 Å². The maximum Gasteiger partial charge on any atom is 0.411 e. The lowest BCUT2D eigenvalue weighted by Gasteiger charge is -2.44. The Kier molecular flexibility index (Phi) is 8.80. The van der Waals surface area contributed by atoms with E-state index in [1.54, 1.807) is 4.90 Å². The summed E-state index contributed by atoms with van der Waals surface area (Å²) in [4.78, 5) is 29.1. The van der Waals surface area contributed by atoms with E-state index < -0.39 is 37.6 Å². The van der Waals surface area contributed by atoms with Crippen molar-refractivity contribution in [1.82, 2.24) is 4.90 Å². The van der Waals surface area contributed by atoms with Gasteiger partial charge in [0.15, 0.2) is 0 Å². The summed E-state index contributed by atoms with van der Waals surface area (Å²) in [6.45, 7) is 12.4. The summed E-state index contributed by atoms with van der Waals surface area (Å²) in [5, 5.41) is 2.02. The molecule has 0 radical (unpaired) electrons. The second kappa shape index (κ2) is 11.8. The second-order valence-electron chi connectivity index (χ2n) is 12.9. The number of ether oxygens (including phenoxy) is 2. The molecule has 4 rings (SSSR count). The molecule has 218 valence electrons. The number of methoxy groups -OCH3 is 1. The average molecular weight is 574 g/mol. The van der Waals surface area contributed by atoms with Crippen LogP contribution in [0.3, 0.4) is 0 Å². The first-order valence-corrected chi connectivity index (χ1v) is 16.1. The van der Waals surface area contributed by atoms with Crippen LogP contribution in [-0.4, -0.2) is 56.2 Å². The summed E-state index contributed by atoms with van der Waals surface area (Å²) < 4.78 is 18.7. The molecule has 1 fully saturated rings. The third-order valence-corrected chi connectivity index (χ3v) is 12.8. The minimum absolute atomic E-state index is 0.210. The summed E-state index contributed by atoms with van der Waals surface area (Å²) in [7, 11) is -1.58. The van der Waals surface area contributed by atoms with Crippen LogP contribution in [0.4, 0.5) is 4.79 Å². The standard InChI is InChI=1S/C34H43NO5Si/c1-32(2,3)39-31(37)35-25-27(24-34(35,30(36)38-7)23-26-17-11-8-12-18-26)40-41(33(4,5)6,28-19-13-9-14-20-28)29-21-15-10-16-22-29/h8-22,27H,23-25H2,1-7H3/t27-,34-/m1/s1. The van der Waals surface area contributed by atoms with Gasteiger partial charge in [-0.1, -0.05) is 112 Å². The van der Waals surface area contributed by atoms with Gasteiger partial charge < -0.3 is 13.9 Å². The monoisotopic (exact) mass is 573 g/mol. The molecule has 0 bridgehead atoms. The van der Waals surface area contributed by atoms with E-state index in [-0.39, 0.29) is 18.0 Å². The van der Waals surface area contributed by atoms with Gasteiger partial charge in [-0.2, -0.15) is 0 Å². The summed E-state index contributed by atoms with van der Waals surface area (Å²) >= 11 is 0. The molecular weight excluding hydrogens is 530 g/mol. The minimum Gasteiger partial charge on any atom is -0.467 e. The van der Waals surface area contributed by atoms with E-state index in [2.05, 4.69) is 45.0 Å². The van der Waals surface area contributed by atoms with E-state index in [0.29, 0.717) is 6.42 Å². The van der Waals surface area contributed by atoms with Crippen LogP contribution in [-0.2, 0) is 25.1 Å². The van der Waals surface area contributed by atoms with Crippen molar-refractivity contribution >= 4 is 30.8 Å². The molecule has 3 aromatic rings. The molecule has 1 heterocycles. The van der Waals surface area contributed by atoms with Crippen LogP contribution in [0, 0.1) is 0 Å². The van der Waals surface area contributed by atoms with E-state index in [4.69, 9.17) is 13.9 Å². The predicted octanol–water partition coefficient (Wildman–Crippen LogP) is 5.73. The summed E-state index contributed by atoms with van der Waals surface area (Å²) in [5.41, 5.74) is -1.09. The molecule has 2 atom stereocenters. The van der Waals surface area contributed by atoms with Gasteiger partial charge in [0.2, 0.25) is 0 Å². The quantitative estimate of drug-likeness (QED) is 0.267. The van der Waals surface area contributed by atoms with Gasteiger partial charge >= 0.3 is 12.1 Å². The number of nitrogens with zero attached hydrogens (tertiary/aromatic N) is 1. The fraction of sp³-hybridized carbons (Fsp3) is 0.412. The van der Waals surface area contributed by atoms with Crippen LogP contribution in [0.2, 0.25) is 5.04 Å². The van der Waals surface area contributed by atoms with E-state index in [1.807, 2.05) is 87.5 Å². The highest BCUT2D eigenvalue weighted by Gasteiger charge is 2.59. The Morgan fingerprint density at radius 1 is 0.829 bits per heavy atom. The molecule has 1 saturated heterocycles. The number of carbonyl (C=O) groups is 2. The molecule has 1 aliphatic rings. The lowest BCUT2D eigenvalue weighted by Crippen LogP contribution is -2.67. The molecular formula is C34H43NO5Si. The molecule has 6 nitrogen and oxygen atoms in total. The highest BCUT2D eigenvalue weighted by molar-refractivity contribution is 6.99. The third kappa shape index (κ3) is 6.26. The number of likely N-dealkylation sites (tertiary alicyclic amines) is 1. The van der Waals surface area contributed by atoms with Gasteiger partial charge in [0.05, 0.1) is 19.8 Å². The van der Waals surface area contributed by atoms with E-state index in [0.717, 1.165) is 15.9 Å². The second-order valence-corrected chi connectivity index (χ2v) is 17.1. The smallest absolute Gasteiger partial charge is 0.411 e. The molecule has 0 unspecified atom stereocenters. The number of carbonyl (C=O) groups excluding carboxylic acids is 2. The lowest BCUT2D eigenvalue weighted by atomic mass is 9.87. The lowest BCUT2D eigenvalue weighted by molar-refractivity contribution is -0.153. The van der Waals surface area contributed by atoms with Gasteiger partial charge in [0.1, 0.15) is 11.1 Å². The van der Waals surface area contributed by atoms with Crippen molar-refractivity contribution in [2.75, 3.05) is 13.7 Å². The first-order chi connectivity index (χ1) is 19.3. The Balaban J connectivity index is 1.86. The topological polar surface area (TPSA) is 65.1 Å². The molecule has 1 aliphatic heterocycles. The molecule has 7 heteroatoms. The number of esters is 1. The highest BCUT2D eigenvalue weighted by atomic mass is 28.4. The van der Waals surface area contributed by atoms with Crippen molar-refractivity contribution in [2.45, 2.75) is 76.7 Å². The molecule has 0 spiro atoms. The van der Waals surface area contributed by atoms with Crippen molar-refractivity contribution in [2.24, 2.45) is 0 Å². The van der Waals surface area contributed by atoms with Crippen LogP contribution in [0.25, 0.3) is 0 Å². The normalized spacial score (nSPS) is 19.6. The molecule has 0 aromatic heterocycles. The Morgan fingerprint density at radius 2 is 1.32 bits per heavy atom. The molecule has 0 N–H and O–H groups in total. The highest BCUT2D eigenvalue weighted by Crippen LogP contribution is 2.42. The summed E-state index contributed by atoms with van der Waals surface area (Å²) in [6, 6.07) is 30.5. The average Bonchev–Trinajstić information content (AvgIpc) is 3.30. The third-order valence-electron chi connectivity index (χ3n) is 7.75. The number of rotatable bonds is 7. The van der Waals surface area contributed by atoms with E-state index >= 15 is 0 Å². The Morgan fingerprint density at radius 3 is 1.76 bits per heavy atom. The van der Waals surface area contributed by atoms with Gasteiger partial charge in [0, 0.05) is 12.8 Å². The Bertz CT molecular complexity index is 1280. The van der Waals surface area contributed by atoms with Gasteiger partial charge in [-0.3, -0.25) is 4.90 Å². The fourth-order valence-electron chi connectivity index (χ4n) is 6.07. The molecule has 1 amide bonds. The van der Waals surface area contributed by atoms with Crippen molar-refractivity contribution in [3.8, 4) is 0 Å². The number of hydrogen-bond acceptors (Lipinski definition) is 5. The molecule has 41 heavy (non-hydrogen) atoms. The zero-order valence-corrected chi connectivity index (χ0v) is 26.3. The Labute approximate surface area is 245 Å². The summed E-state index contributed by atoms with van der Waals surface area (Å²) in [6.07, 6.45) is -0.400. The number of benzene rings is 3. The van der Waals surface area contributed by atoms with Crippen molar-refractivity contribution in [1.29, 1.82) is 0 Å². The van der Waals surface area contributed by atoms with Gasteiger partial charge in [-0.25, -0.2) is 9.59 Å². The maximum atomic E-state index is 13.8. The van der Waals surface area contributed by atoms with Crippen LogP contribution in [0.5, 0.6) is 0 Å². The largest absolute Gasteiger partial charge is 0.467 e. The van der Waals surface area contributed by atoms with Gasteiger partial charge in [0.25, 0.3) is 8.32 Å².